The highest BCUT2D eigenvalue weighted by Gasteiger charge is 2.09. The van der Waals surface area contributed by atoms with E-state index in [9.17, 15) is 4.79 Å². The molecule has 0 aromatic carbocycles. The monoisotopic (exact) mass is 219 g/mol. The fourth-order valence-corrected chi connectivity index (χ4v) is 1.92. The minimum absolute atomic E-state index is 0.0432. The average Bonchev–Trinajstić information content (AvgIpc) is 2.59. The zero-order chi connectivity index (χ0) is 11.7. The normalized spacial score (nSPS) is 11.5. The Bertz CT molecular complexity index is 551. The molecule has 86 valence electrons. The number of rotatable bonds is 3. The molecule has 2 rings (SSSR count). The lowest BCUT2D eigenvalue weighted by molar-refractivity contribution is 0.618. The molecular formula is C12H17N3O. The van der Waals surface area contributed by atoms with Crippen LogP contribution in [0.15, 0.2) is 17.1 Å². The van der Waals surface area contributed by atoms with E-state index in [0.29, 0.717) is 5.92 Å². The zero-order valence-corrected chi connectivity index (χ0v) is 9.95. The van der Waals surface area contributed by atoms with Gasteiger partial charge in [-0.15, -0.1) is 0 Å². The zero-order valence-electron chi connectivity index (χ0n) is 9.95. The minimum Gasteiger partial charge on any atom is -0.307 e. The van der Waals surface area contributed by atoms with Crippen molar-refractivity contribution in [3.05, 3.63) is 33.9 Å². The Kier molecular flexibility index (Phi) is 2.81. The fourth-order valence-electron chi connectivity index (χ4n) is 1.92. The summed E-state index contributed by atoms with van der Waals surface area (Å²) in [5.74, 6) is 0.513. The molecule has 0 aliphatic rings. The summed E-state index contributed by atoms with van der Waals surface area (Å²) in [5.41, 5.74) is 2.86. The van der Waals surface area contributed by atoms with Crippen molar-refractivity contribution in [2.24, 2.45) is 5.92 Å². The van der Waals surface area contributed by atoms with Crippen LogP contribution in [0.3, 0.4) is 0 Å². The van der Waals surface area contributed by atoms with Gasteiger partial charge in [-0.2, -0.15) is 5.10 Å². The van der Waals surface area contributed by atoms with Gasteiger partial charge in [-0.1, -0.05) is 20.8 Å². The molecule has 0 amide bonds. The molecule has 1 N–H and O–H groups in total. The van der Waals surface area contributed by atoms with Gasteiger partial charge in [0.15, 0.2) is 0 Å². The highest BCUT2D eigenvalue weighted by Crippen LogP contribution is 2.11. The number of H-pyrrole nitrogens is 1. The van der Waals surface area contributed by atoms with Gasteiger partial charge in [-0.3, -0.25) is 4.79 Å². The number of aryl methyl sites for hydroxylation is 1. The lowest BCUT2D eigenvalue weighted by atomic mass is 10.1. The van der Waals surface area contributed by atoms with Crippen molar-refractivity contribution in [1.29, 1.82) is 0 Å². The highest BCUT2D eigenvalue weighted by molar-refractivity contribution is 5.46. The molecule has 0 fully saturated rings. The molecule has 2 heterocycles. The average molecular weight is 219 g/mol. The van der Waals surface area contributed by atoms with Crippen molar-refractivity contribution < 1.29 is 0 Å². The smallest absolute Gasteiger partial charge is 0.251 e. The van der Waals surface area contributed by atoms with Crippen molar-refractivity contribution in [1.82, 2.24) is 14.6 Å². The maximum atomic E-state index is 11.6. The van der Waals surface area contributed by atoms with E-state index in [1.165, 1.54) is 0 Å². The van der Waals surface area contributed by atoms with Gasteiger partial charge < -0.3 is 4.98 Å². The minimum atomic E-state index is -0.0432. The number of fused-ring (bicyclic) bond motifs is 1. The third kappa shape index (κ3) is 1.87. The number of nitrogens with one attached hydrogen (secondary N) is 1. The van der Waals surface area contributed by atoms with Crippen molar-refractivity contribution in [2.45, 2.75) is 33.6 Å². The Balaban J connectivity index is 2.64. The summed E-state index contributed by atoms with van der Waals surface area (Å²) in [6.07, 6.45) is 3.57. The standard InChI is InChI=1S/C12H17N3O/c1-4-9-7-13-15-10(5-8(2)3)6-11(16)14-12(9)15/h6-8H,4-5H2,1-3H3,(H,14,16). The van der Waals surface area contributed by atoms with Crippen LogP contribution in [0.4, 0.5) is 0 Å². The van der Waals surface area contributed by atoms with Crippen LogP contribution >= 0.6 is 0 Å². The SMILES string of the molecule is CCc1cnn2c(CC(C)C)cc(=O)[nH]c12. The molecule has 0 atom stereocenters. The Morgan fingerprint density at radius 1 is 1.50 bits per heavy atom. The van der Waals surface area contributed by atoms with Crippen molar-refractivity contribution in [2.75, 3.05) is 0 Å². The molecule has 0 aliphatic heterocycles. The van der Waals surface area contributed by atoms with Gasteiger partial charge in [-0.05, 0) is 18.8 Å². The van der Waals surface area contributed by atoms with Crippen LogP contribution in [0.2, 0.25) is 0 Å². The molecule has 0 saturated heterocycles. The number of hydrogen-bond donors (Lipinski definition) is 1. The first kappa shape index (κ1) is 10.9. The molecule has 0 unspecified atom stereocenters. The molecule has 0 bridgehead atoms. The molecule has 4 heteroatoms. The first-order valence-electron chi connectivity index (χ1n) is 5.70. The van der Waals surface area contributed by atoms with Crippen LogP contribution in [0.1, 0.15) is 32.0 Å². The van der Waals surface area contributed by atoms with Gasteiger partial charge in [-0.25, -0.2) is 4.52 Å². The fraction of sp³-hybridized carbons (Fsp3) is 0.500. The van der Waals surface area contributed by atoms with E-state index >= 15 is 0 Å². The summed E-state index contributed by atoms with van der Waals surface area (Å²) in [6.45, 7) is 6.33. The first-order chi connectivity index (χ1) is 7.61. The number of aromatic nitrogens is 3. The third-order valence-electron chi connectivity index (χ3n) is 2.65. The Morgan fingerprint density at radius 3 is 2.88 bits per heavy atom. The topological polar surface area (TPSA) is 50.2 Å². The first-order valence-corrected chi connectivity index (χ1v) is 5.70. The summed E-state index contributed by atoms with van der Waals surface area (Å²) in [7, 11) is 0. The number of aromatic amines is 1. The molecule has 2 aromatic heterocycles. The van der Waals surface area contributed by atoms with Gasteiger partial charge in [0.2, 0.25) is 0 Å². The molecular weight excluding hydrogens is 202 g/mol. The second kappa shape index (κ2) is 4.12. The van der Waals surface area contributed by atoms with Crippen molar-refractivity contribution >= 4 is 5.65 Å². The molecule has 0 aliphatic carbocycles. The van der Waals surface area contributed by atoms with Crippen molar-refractivity contribution in [3.8, 4) is 0 Å². The molecule has 0 spiro atoms. The summed E-state index contributed by atoms with van der Waals surface area (Å²) >= 11 is 0. The van der Waals surface area contributed by atoms with Crippen LogP contribution in [0.5, 0.6) is 0 Å². The summed E-state index contributed by atoms with van der Waals surface area (Å²) in [4.78, 5) is 14.4. The van der Waals surface area contributed by atoms with Gasteiger partial charge in [0, 0.05) is 11.6 Å². The van der Waals surface area contributed by atoms with Crippen LogP contribution in [-0.2, 0) is 12.8 Å². The van der Waals surface area contributed by atoms with Gasteiger partial charge in [0.1, 0.15) is 5.65 Å². The van der Waals surface area contributed by atoms with Crippen LogP contribution in [0, 0.1) is 5.92 Å². The van der Waals surface area contributed by atoms with E-state index in [2.05, 4.69) is 30.9 Å². The maximum Gasteiger partial charge on any atom is 0.251 e. The Morgan fingerprint density at radius 2 is 2.25 bits per heavy atom. The lowest BCUT2D eigenvalue weighted by Crippen LogP contribution is -2.13. The number of nitrogens with zero attached hydrogens (tertiary/aromatic N) is 2. The highest BCUT2D eigenvalue weighted by atomic mass is 16.1. The van der Waals surface area contributed by atoms with E-state index in [-0.39, 0.29) is 5.56 Å². The summed E-state index contributed by atoms with van der Waals surface area (Å²) in [6, 6.07) is 1.64. The van der Waals surface area contributed by atoms with E-state index in [1.54, 1.807) is 6.07 Å². The number of hydrogen-bond acceptors (Lipinski definition) is 2. The van der Waals surface area contributed by atoms with E-state index in [1.807, 2.05) is 10.7 Å². The molecule has 2 aromatic rings. The predicted octanol–water partition coefficient (Wildman–Crippen LogP) is 1.78. The molecule has 0 saturated carbocycles. The predicted molar refractivity (Wildman–Crippen MR) is 63.7 cm³/mol. The van der Waals surface area contributed by atoms with E-state index in [0.717, 1.165) is 29.7 Å². The second-order valence-corrected chi connectivity index (χ2v) is 4.51. The Labute approximate surface area is 94.3 Å². The second-order valence-electron chi connectivity index (χ2n) is 4.51. The van der Waals surface area contributed by atoms with Crippen molar-refractivity contribution in [3.63, 3.8) is 0 Å². The van der Waals surface area contributed by atoms with Gasteiger partial charge >= 0.3 is 0 Å². The maximum absolute atomic E-state index is 11.6. The molecule has 16 heavy (non-hydrogen) atoms. The lowest BCUT2D eigenvalue weighted by Gasteiger charge is -2.07. The van der Waals surface area contributed by atoms with E-state index < -0.39 is 0 Å². The molecule has 4 nitrogen and oxygen atoms in total. The summed E-state index contributed by atoms with van der Waals surface area (Å²) in [5, 5.41) is 4.33. The third-order valence-corrected chi connectivity index (χ3v) is 2.65. The Hall–Kier alpha value is -1.58. The van der Waals surface area contributed by atoms with Gasteiger partial charge in [0.05, 0.1) is 11.9 Å². The van der Waals surface area contributed by atoms with Crippen LogP contribution < -0.4 is 5.56 Å². The van der Waals surface area contributed by atoms with E-state index in [4.69, 9.17) is 0 Å². The van der Waals surface area contributed by atoms with Crippen LogP contribution in [-0.4, -0.2) is 14.6 Å². The quantitative estimate of drug-likeness (QED) is 0.855. The largest absolute Gasteiger partial charge is 0.307 e. The summed E-state index contributed by atoms with van der Waals surface area (Å²) < 4.78 is 1.85. The van der Waals surface area contributed by atoms with Crippen LogP contribution in [0.25, 0.3) is 5.65 Å². The van der Waals surface area contributed by atoms with Gasteiger partial charge in [0.25, 0.3) is 5.56 Å². The molecule has 0 radical (unpaired) electrons.